The first-order valence-electron chi connectivity index (χ1n) is 7.81. The maximum absolute atomic E-state index is 5.36. The van der Waals surface area contributed by atoms with Gasteiger partial charge < -0.3 is 0 Å². The molecule has 1 fully saturated rings. The second kappa shape index (κ2) is 6.39. The highest BCUT2D eigenvalue weighted by atomic mass is 32.1. The summed E-state index contributed by atoms with van der Waals surface area (Å²) in [4.78, 5) is 7.27. The van der Waals surface area contributed by atoms with Gasteiger partial charge in [0, 0.05) is 19.0 Å². The molecule has 0 saturated carbocycles. The number of likely N-dealkylation sites (tertiary alicyclic amines) is 1. The maximum atomic E-state index is 5.36. The Kier molecular flexibility index (Phi) is 4.27. The number of aryl methyl sites for hydroxylation is 1. The van der Waals surface area contributed by atoms with E-state index in [0.29, 0.717) is 5.92 Å². The number of rotatable bonds is 3. The summed E-state index contributed by atoms with van der Waals surface area (Å²) in [6.07, 6.45) is 2.33. The molecule has 0 atom stereocenters. The molecule has 7 heteroatoms. The summed E-state index contributed by atoms with van der Waals surface area (Å²) in [5.74, 6) is 0.591. The molecule has 2 aromatic heterocycles. The number of aromatic nitrogens is 3. The second-order valence-electron chi connectivity index (χ2n) is 5.94. The first-order valence-corrected chi connectivity index (χ1v) is 9.85. The van der Waals surface area contributed by atoms with Gasteiger partial charge in [-0.05, 0) is 44.1 Å². The van der Waals surface area contributed by atoms with E-state index in [2.05, 4.69) is 34.3 Å². The lowest BCUT2D eigenvalue weighted by molar-refractivity contribution is 0.160. The summed E-state index contributed by atoms with van der Waals surface area (Å²) in [5, 5.41) is 6.83. The van der Waals surface area contributed by atoms with Gasteiger partial charge in [-0.2, -0.15) is 5.10 Å². The zero-order valence-corrected chi connectivity index (χ0v) is 15.4. The normalized spacial score (nSPS) is 17.1. The molecule has 1 aromatic carbocycles. The van der Waals surface area contributed by atoms with Gasteiger partial charge in [-0.3, -0.25) is 4.90 Å². The molecule has 23 heavy (non-hydrogen) atoms. The van der Waals surface area contributed by atoms with Crippen molar-refractivity contribution < 1.29 is 0 Å². The third kappa shape index (κ3) is 3.24. The van der Waals surface area contributed by atoms with Gasteiger partial charge in [0.1, 0.15) is 5.01 Å². The van der Waals surface area contributed by atoms with E-state index >= 15 is 0 Å². The quantitative estimate of drug-likeness (QED) is 0.646. The summed E-state index contributed by atoms with van der Waals surface area (Å²) in [6.45, 7) is 4.99. The summed E-state index contributed by atoms with van der Waals surface area (Å²) < 4.78 is 4.12. The SMILES string of the molecule is Cc1nn(CN2CCC(c3nc4ccccc4s3)CC2)c(=S)s1. The average molecular weight is 363 g/mol. The van der Waals surface area contributed by atoms with Crippen LogP contribution in [0.4, 0.5) is 0 Å². The predicted molar refractivity (Wildman–Crippen MR) is 98.8 cm³/mol. The van der Waals surface area contributed by atoms with Crippen LogP contribution in [0.2, 0.25) is 0 Å². The number of thiazole rings is 1. The second-order valence-corrected chi connectivity index (χ2v) is 8.83. The fraction of sp³-hybridized carbons (Fsp3) is 0.438. The Morgan fingerprint density at radius 2 is 2.00 bits per heavy atom. The lowest BCUT2D eigenvalue weighted by Gasteiger charge is -2.30. The van der Waals surface area contributed by atoms with Crippen LogP contribution in [0.5, 0.6) is 0 Å². The molecule has 1 saturated heterocycles. The van der Waals surface area contributed by atoms with Crippen molar-refractivity contribution in [3.8, 4) is 0 Å². The summed E-state index contributed by atoms with van der Waals surface area (Å²) in [6, 6.07) is 8.43. The highest BCUT2D eigenvalue weighted by Gasteiger charge is 2.23. The lowest BCUT2D eigenvalue weighted by Crippen LogP contribution is -2.34. The Bertz CT molecular complexity index is 838. The van der Waals surface area contributed by atoms with E-state index in [1.165, 1.54) is 9.71 Å². The minimum absolute atomic E-state index is 0.591. The molecule has 4 nitrogen and oxygen atoms in total. The van der Waals surface area contributed by atoms with Gasteiger partial charge in [-0.25, -0.2) is 9.67 Å². The minimum Gasteiger partial charge on any atom is -0.284 e. The van der Waals surface area contributed by atoms with Crippen molar-refractivity contribution >= 4 is 45.1 Å². The summed E-state index contributed by atoms with van der Waals surface area (Å²) in [5.41, 5.74) is 1.14. The van der Waals surface area contributed by atoms with Gasteiger partial charge in [0.05, 0.1) is 21.9 Å². The highest BCUT2D eigenvalue weighted by molar-refractivity contribution is 7.73. The van der Waals surface area contributed by atoms with Crippen LogP contribution in [0, 0.1) is 10.9 Å². The Labute approximate surface area is 148 Å². The van der Waals surface area contributed by atoms with Gasteiger partial charge in [0.25, 0.3) is 0 Å². The monoisotopic (exact) mass is 362 g/mol. The van der Waals surface area contributed by atoms with Crippen molar-refractivity contribution in [1.82, 2.24) is 19.7 Å². The van der Waals surface area contributed by atoms with E-state index in [1.54, 1.807) is 11.3 Å². The first-order chi connectivity index (χ1) is 11.2. The number of piperidine rings is 1. The predicted octanol–water partition coefficient (Wildman–Crippen LogP) is 4.43. The van der Waals surface area contributed by atoms with E-state index in [4.69, 9.17) is 17.2 Å². The molecule has 0 spiro atoms. The van der Waals surface area contributed by atoms with Crippen LogP contribution in [0.15, 0.2) is 24.3 Å². The largest absolute Gasteiger partial charge is 0.284 e. The van der Waals surface area contributed by atoms with E-state index in [1.807, 2.05) is 22.9 Å². The molecular formula is C16H18N4S3. The molecule has 0 aliphatic carbocycles. The van der Waals surface area contributed by atoms with Crippen LogP contribution >= 0.6 is 34.9 Å². The van der Waals surface area contributed by atoms with Crippen LogP contribution in [0.1, 0.15) is 28.8 Å². The summed E-state index contributed by atoms with van der Waals surface area (Å²) in [7, 11) is 0. The van der Waals surface area contributed by atoms with E-state index < -0.39 is 0 Å². The van der Waals surface area contributed by atoms with Gasteiger partial charge in [0.15, 0.2) is 3.95 Å². The molecule has 0 N–H and O–H groups in total. The maximum Gasteiger partial charge on any atom is 0.180 e. The van der Waals surface area contributed by atoms with Crippen molar-refractivity contribution in [2.75, 3.05) is 13.1 Å². The lowest BCUT2D eigenvalue weighted by atomic mass is 9.98. The third-order valence-electron chi connectivity index (χ3n) is 4.29. The van der Waals surface area contributed by atoms with Gasteiger partial charge in [-0.15, -0.1) is 11.3 Å². The topological polar surface area (TPSA) is 34.0 Å². The number of nitrogens with zero attached hydrogens (tertiary/aromatic N) is 4. The minimum atomic E-state index is 0.591. The molecule has 0 bridgehead atoms. The molecule has 120 valence electrons. The van der Waals surface area contributed by atoms with E-state index in [9.17, 15) is 0 Å². The molecular weight excluding hydrogens is 344 g/mol. The van der Waals surface area contributed by atoms with Crippen LogP contribution in [0.3, 0.4) is 0 Å². The van der Waals surface area contributed by atoms with Crippen LogP contribution in [-0.4, -0.2) is 32.8 Å². The number of hydrogen-bond acceptors (Lipinski definition) is 6. The zero-order chi connectivity index (χ0) is 15.8. The van der Waals surface area contributed by atoms with E-state index in [0.717, 1.165) is 47.1 Å². The van der Waals surface area contributed by atoms with Crippen molar-refractivity contribution in [3.63, 3.8) is 0 Å². The molecule has 3 aromatic rings. The summed E-state index contributed by atoms with van der Waals surface area (Å²) >= 11 is 8.80. The number of para-hydroxylation sites is 1. The molecule has 4 rings (SSSR count). The Balaban J connectivity index is 1.42. The highest BCUT2D eigenvalue weighted by Crippen LogP contribution is 2.33. The smallest absolute Gasteiger partial charge is 0.180 e. The molecule has 0 unspecified atom stereocenters. The zero-order valence-electron chi connectivity index (χ0n) is 12.9. The van der Waals surface area contributed by atoms with Crippen LogP contribution < -0.4 is 0 Å². The van der Waals surface area contributed by atoms with Gasteiger partial charge >= 0.3 is 0 Å². The fourth-order valence-electron chi connectivity index (χ4n) is 3.08. The third-order valence-corrected chi connectivity index (χ3v) is 6.71. The van der Waals surface area contributed by atoms with Crippen molar-refractivity contribution in [1.29, 1.82) is 0 Å². The standard InChI is InChI=1S/C16H18N4S3/c1-11-18-20(16(21)22-11)10-19-8-6-12(7-9-19)15-17-13-4-2-3-5-14(13)23-15/h2-5,12H,6-10H2,1H3. The molecule has 0 amide bonds. The Hall–Kier alpha value is -1.15. The van der Waals surface area contributed by atoms with Gasteiger partial charge in [0.2, 0.25) is 0 Å². The van der Waals surface area contributed by atoms with Crippen molar-refractivity contribution in [2.24, 2.45) is 0 Å². The Morgan fingerprint density at radius 1 is 1.22 bits per heavy atom. The van der Waals surface area contributed by atoms with Crippen molar-refractivity contribution in [2.45, 2.75) is 32.4 Å². The molecule has 3 heterocycles. The van der Waals surface area contributed by atoms with Crippen LogP contribution in [-0.2, 0) is 6.67 Å². The van der Waals surface area contributed by atoms with Crippen molar-refractivity contribution in [3.05, 3.63) is 38.2 Å². The Morgan fingerprint density at radius 3 is 2.70 bits per heavy atom. The number of fused-ring (bicyclic) bond motifs is 1. The molecule has 1 aliphatic heterocycles. The fourth-order valence-corrected chi connectivity index (χ4v) is 5.27. The number of benzene rings is 1. The average Bonchev–Trinajstić information content (AvgIpc) is 3.11. The van der Waals surface area contributed by atoms with E-state index in [-0.39, 0.29) is 0 Å². The first kappa shape index (κ1) is 15.4. The molecule has 0 radical (unpaired) electrons. The molecule has 1 aliphatic rings. The number of hydrogen-bond donors (Lipinski definition) is 0. The van der Waals surface area contributed by atoms with Crippen LogP contribution in [0.25, 0.3) is 10.2 Å². The van der Waals surface area contributed by atoms with Gasteiger partial charge in [-0.1, -0.05) is 23.5 Å².